The highest BCUT2D eigenvalue weighted by Gasteiger charge is 2.42. The number of piperazine rings is 2. The molecule has 0 radical (unpaired) electrons. The van der Waals surface area contributed by atoms with Gasteiger partial charge >= 0.3 is 0 Å². The zero-order chi connectivity index (χ0) is 22.3. The Morgan fingerprint density at radius 1 is 1.29 bits per heavy atom. The lowest BCUT2D eigenvalue weighted by Gasteiger charge is -2.53. The monoisotopic (exact) mass is 438 g/mol. The lowest BCUT2D eigenvalue weighted by Crippen LogP contribution is -2.67. The maximum absolute atomic E-state index is 9.48. The molecule has 2 fully saturated rings. The van der Waals surface area contributed by atoms with E-state index >= 15 is 0 Å². The van der Waals surface area contributed by atoms with Crippen molar-refractivity contribution in [1.82, 2.24) is 14.8 Å². The van der Waals surface area contributed by atoms with Gasteiger partial charge in [-0.3, -0.25) is 14.8 Å². The molecule has 2 unspecified atom stereocenters. The Kier molecular flexibility index (Phi) is 5.95. The fourth-order valence-electron chi connectivity index (χ4n) is 5.12. The predicted molar refractivity (Wildman–Crippen MR) is 127 cm³/mol. The number of benzene rings is 1. The van der Waals surface area contributed by atoms with Crippen LogP contribution in [0.5, 0.6) is 0 Å². The Balaban J connectivity index is 1.60. The summed E-state index contributed by atoms with van der Waals surface area (Å²) in [6.07, 6.45) is 1.75. The minimum Gasteiger partial charge on any atom is -0.368 e. The van der Waals surface area contributed by atoms with E-state index in [1.165, 1.54) is 0 Å². The SMILES string of the molecule is CC(=N)C(C)(Cl)C(C)N1CCN2[C@H](CN(c3ccc(C#N)c4ncccc34)C[C@H]2C)C1. The van der Waals surface area contributed by atoms with Gasteiger partial charge in [0.15, 0.2) is 0 Å². The molecule has 0 bridgehead atoms. The Morgan fingerprint density at radius 3 is 2.77 bits per heavy atom. The topological polar surface area (TPSA) is 70.2 Å². The van der Waals surface area contributed by atoms with Gasteiger partial charge < -0.3 is 10.3 Å². The lowest BCUT2D eigenvalue weighted by molar-refractivity contribution is 0.0160. The lowest BCUT2D eigenvalue weighted by atomic mass is 9.93. The number of nitrogens with zero attached hydrogens (tertiary/aromatic N) is 5. The first-order chi connectivity index (χ1) is 14.7. The van der Waals surface area contributed by atoms with E-state index in [2.05, 4.69) is 51.7 Å². The van der Waals surface area contributed by atoms with Gasteiger partial charge in [0.2, 0.25) is 0 Å². The molecule has 1 aromatic heterocycles. The largest absolute Gasteiger partial charge is 0.368 e. The molecule has 0 aliphatic carbocycles. The van der Waals surface area contributed by atoms with E-state index in [9.17, 15) is 5.26 Å². The highest BCUT2D eigenvalue weighted by atomic mass is 35.5. The van der Waals surface area contributed by atoms with Crippen molar-refractivity contribution in [3.8, 4) is 6.07 Å². The van der Waals surface area contributed by atoms with Crippen LogP contribution in [0.3, 0.4) is 0 Å². The van der Waals surface area contributed by atoms with Crippen molar-refractivity contribution in [2.45, 2.75) is 50.7 Å². The number of rotatable bonds is 4. The van der Waals surface area contributed by atoms with Crippen LogP contribution in [0.2, 0.25) is 0 Å². The van der Waals surface area contributed by atoms with E-state index in [4.69, 9.17) is 17.0 Å². The quantitative estimate of drug-likeness (QED) is 0.581. The second kappa shape index (κ2) is 8.38. The first-order valence-electron chi connectivity index (χ1n) is 11.0. The molecule has 2 aliphatic rings. The Bertz CT molecular complexity index is 1030. The highest BCUT2D eigenvalue weighted by Crippen LogP contribution is 2.33. The van der Waals surface area contributed by atoms with Crippen LogP contribution in [0.15, 0.2) is 30.5 Å². The molecule has 2 saturated heterocycles. The molecule has 0 spiro atoms. The predicted octanol–water partition coefficient (Wildman–Crippen LogP) is 3.73. The molecule has 1 aromatic carbocycles. The summed E-state index contributed by atoms with van der Waals surface area (Å²) in [5.74, 6) is 0. The number of hydrogen-bond acceptors (Lipinski definition) is 6. The summed E-state index contributed by atoms with van der Waals surface area (Å²) in [6.45, 7) is 13.0. The van der Waals surface area contributed by atoms with Gasteiger partial charge in [0, 0.05) is 73.8 Å². The number of nitriles is 1. The van der Waals surface area contributed by atoms with Gasteiger partial charge in [-0.1, -0.05) is 0 Å². The third kappa shape index (κ3) is 3.91. The van der Waals surface area contributed by atoms with Crippen LogP contribution < -0.4 is 4.90 Å². The average molecular weight is 439 g/mol. The van der Waals surface area contributed by atoms with Crippen LogP contribution in [0.1, 0.15) is 33.3 Å². The standard InChI is InChI=1S/C24H31ClN6/c1-16-13-30(22-8-7-19(12-26)23-21(22)6-5-9-28-23)15-20-14-29(10-11-31(16)20)18(3)24(4,25)17(2)27/h5-9,16,18,20,27H,10-11,13-15H2,1-4H3/t16-,18?,20+,24?/m1/s1. The molecular weight excluding hydrogens is 408 g/mol. The third-order valence-electron chi connectivity index (χ3n) is 7.31. The number of halogens is 1. The van der Waals surface area contributed by atoms with Gasteiger partial charge in [-0.25, -0.2) is 0 Å². The zero-order valence-electron chi connectivity index (χ0n) is 18.8. The van der Waals surface area contributed by atoms with Crippen LogP contribution in [0.25, 0.3) is 10.9 Å². The molecular formula is C24H31ClN6. The Morgan fingerprint density at radius 2 is 2.06 bits per heavy atom. The first-order valence-corrected chi connectivity index (χ1v) is 11.4. The fourth-order valence-corrected chi connectivity index (χ4v) is 5.26. The number of pyridine rings is 1. The summed E-state index contributed by atoms with van der Waals surface area (Å²) in [4.78, 5) is 11.3. The van der Waals surface area contributed by atoms with Gasteiger partial charge in [0.25, 0.3) is 0 Å². The molecule has 31 heavy (non-hydrogen) atoms. The fraction of sp³-hybridized carbons (Fsp3) is 0.542. The van der Waals surface area contributed by atoms with E-state index in [0.29, 0.717) is 23.4 Å². The molecule has 164 valence electrons. The number of nitrogens with one attached hydrogen (secondary N) is 1. The van der Waals surface area contributed by atoms with Crippen LogP contribution in [-0.4, -0.2) is 76.2 Å². The third-order valence-corrected chi connectivity index (χ3v) is 7.91. The molecule has 7 heteroatoms. The molecule has 2 aliphatic heterocycles. The number of hydrogen-bond donors (Lipinski definition) is 1. The second-order valence-electron chi connectivity index (χ2n) is 9.16. The summed E-state index contributed by atoms with van der Waals surface area (Å²) in [6, 6.07) is 11.2. The highest BCUT2D eigenvalue weighted by molar-refractivity contribution is 6.35. The second-order valence-corrected chi connectivity index (χ2v) is 9.95. The number of anilines is 1. The van der Waals surface area contributed by atoms with Crippen molar-refractivity contribution in [3.05, 3.63) is 36.0 Å². The van der Waals surface area contributed by atoms with E-state index in [0.717, 1.165) is 49.3 Å². The van der Waals surface area contributed by atoms with Crippen LogP contribution in [-0.2, 0) is 0 Å². The maximum Gasteiger partial charge on any atom is 0.101 e. The smallest absolute Gasteiger partial charge is 0.101 e. The van der Waals surface area contributed by atoms with Crippen molar-refractivity contribution < 1.29 is 0 Å². The van der Waals surface area contributed by atoms with Gasteiger partial charge in [0.05, 0.1) is 16.0 Å². The molecule has 3 heterocycles. The maximum atomic E-state index is 9.48. The Labute approximate surface area is 189 Å². The minimum atomic E-state index is -0.656. The van der Waals surface area contributed by atoms with Crippen molar-refractivity contribution in [2.75, 3.05) is 37.6 Å². The summed E-state index contributed by atoms with van der Waals surface area (Å²) in [5, 5.41) is 18.6. The van der Waals surface area contributed by atoms with Crippen molar-refractivity contribution in [1.29, 1.82) is 10.7 Å². The van der Waals surface area contributed by atoms with E-state index in [1.807, 2.05) is 19.1 Å². The molecule has 0 amide bonds. The van der Waals surface area contributed by atoms with Crippen LogP contribution >= 0.6 is 11.6 Å². The van der Waals surface area contributed by atoms with Crippen molar-refractivity contribution >= 4 is 33.9 Å². The summed E-state index contributed by atoms with van der Waals surface area (Å²) in [5.41, 5.74) is 3.05. The summed E-state index contributed by atoms with van der Waals surface area (Å²) >= 11 is 6.75. The number of alkyl halides is 1. The van der Waals surface area contributed by atoms with Crippen molar-refractivity contribution in [3.63, 3.8) is 0 Å². The van der Waals surface area contributed by atoms with Gasteiger partial charge in [-0.05, 0) is 52.0 Å². The van der Waals surface area contributed by atoms with E-state index in [-0.39, 0.29) is 6.04 Å². The number of aromatic nitrogens is 1. The van der Waals surface area contributed by atoms with E-state index in [1.54, 1.807) is 13.1 Å². The number of fused-ring (bicyclic) bond motifs is 2. The molecule has 4 rings (SSSR count). The van der Waals surface area contributed by atoms with Crippen LogP contribution in [0, 0.1) is 16.7 Å². The molecule has 6 nitrogen and oxygen atoms in total. The zero-order valence-corrected chi connectivity index (χ0v) is 19.5. The van der Waals surface area contributed by atoms with Crippen molar-refractivity contribution in [2.24, 2.45) is 0 Å². The van der Waals surface area contributed by atoms with E-state index < -0.39 is 4.87 Å². The summed E-state index contributed by atoms with van der Waals surface area (Å²) in [7, 11) is 0. The Hall–Kier alpha value is -2.20. The molecule has 0 saturated carbocycles. The van der Waals surface area contributed by atoms with Gasteiger partial charge in [-0.15, -0.1) is 11.6 Å². The average Bonchev–Trinajstić information content (AvgIpc) is 2.77. The minimum absolute atomic E-state index is 0.0967. The van der Waals surface area contributed by atoms with Gasteiger partial charge in [0.1, 0.15) is 6.07 Å². The van der Waals surface area contributed by atoms with Crippen LogP contribution in [0.4, 0.5) is 5.69 Å². The first kappa shape index (κ1) is 22.0. The summed E-state index contributed by atoms with van der Waals surface area (Å²) < 4.78 is 0. The van der Waals surface area contributed by atoms with Gasteiger partial charge in [-0.2, -0.15) is 5.26 Å². The molecule has 1 N–H and O–H groups in total. The molecule has 4 atom stereocenters. The molecule has 2 aromatic rings. The normalized spacial score (nSPS) is 25.5.